The Bertz CT molecular complexity index is 909. The molecule has 2 N–H and O–H groups in total. The minimum Gasteiger partial charge on any atom is -0.331 e. The minimum atomic E-state index is -0.183. The van der Waals surface area contributed by atoms with Crippen LogP contribution in [0, 0.1) is 0 Å². The third kappa shape index (κ3) is 3.35. The van der Waals surface area contributed by atoms with Crippen molar-refractivity contribution in [2.75, 3.05) is 17.0 Å². The van der Waals surface area contributed by atoms with E-state index in [0.717, 1.165) is 5.69 Å². The molecule has 0 aliphatic carbocycles. The Morgan fingerprint density at radius 1 is 1.13 bits per heavy atom. The zero-order valence-corrected chi connectivity index (χ0v) is 13.9. The molecule has 3 rings (SSSR count). The number of para-hydroxylation sites is 2. The molecule has 5 nitrogen and oxygen atoms in total. The lowest BCUT2D eigenvalue weighted by Crippen LogP contribution is -2.37. The fraction of sp³-hybridized carbons (Fsp3) is 0.0625. The maximum absolute atomic E-state index is 12.7. The van der Waals surface area contributed by atoms with E-state index >= 15 is 0 Å². The number of thioether (sulfide) groups is 1. The summed E-state index contributed by atoms with van der Waals surface area (Å²) >= 11 is 6.66. The van der Waals surface area contributed by atoms with Gasteiger partial charge in [-0.15, -0.1) is 0 Å². The topological polar surface area (TPSA) is 59.0 Å². The average Bonchev–Trinajstić information content (AvgIpc) is 2.58. The van der Waals surface area contributed by atoms with Crippen LogP contribution in [0.15, 0.2) is 64.5 Å². The Morgan fingerprint density at radius 3 is 2.57 bits per heavy atom. The van der Waals surface area contributed by atoms with Crippen LogP contribution < -0.4 is 16.3 Å². The van der Waals surface area contributed by atoms with Crippen molar-refractivity contribution in [3.8, 4) is 0 Å². The monoisotopic (exact) mass is 342 g/mol. The highest BCUT2D eigenvalue weighted by Gasteiger charge is 2.11. The summed E-state index contributed by atoms with van der Waals surface area (Å²) in [6, 6.07) is 16.8. The van der Waals surface area contributed by atoms with Gasteiger partial charge in [0.25, 0.3) is 5.56 Å². The average molecular weight is 342 g/mol. The van der Waals surface area contributed by atoms with Gasteiger partial charge < -0.3 is 5.32 Å². The van der Waals surface area contributed by atoms with Crippen LogP contribution in [0.3, 0.4) is 0 Å². The summed E-state index contributed by atoms with van der Waals surface area (Å²) in [5, 5.41) is 4.45. The smallest absolute Gasteiger partial charge is 0.281 e. The summed E-state index contributed by atoms with van der Waals surface area (Å²) in [5.74, 6) is 0. The standard InChI is InChI=1S/C16H14N4OS2/c1-23-16-18-13-10-6-5-9-12(13)14(21)20(16)19-15(22)17-11-7-3-2-4-8-11/h2-10H,1H3,(H2,17,19,22). The van der Waals surface area contributed by atoms with Gasteiger partial charge in [0.1, 0.15) is 0 Å². The van der Waals surface area contributed by atoms with Gasteiger partial charge in [-0.05, 0) is 42.7 Å². The molecule has 0 radical (unpaired) electrons. The van der Waals surface area contributed by atoms with E-state index in [1.807, 2.05) is 54.8 Å². The highest BCUT2D eigenvalue weighted by Crippen LogP contribution is 2.14. The summed E-state index contributed by atoms with van der Waals surface area (Å²) in [4.78, 5) is 17.1. The van der Waals surface area contributed by atoms with Gasteiger partial charge in [0, 0.05) is 5.69 Å². The Balaban J connectivity index is 1.94. The van der Waals surface area contributed by atoms with Gasteiger partial charge in [-0.1, -0.05) is 42.1 Å². The largest absolute Gasteiger partial charge is 0.331 e. The molecular formula is C16H14N4OS2. The molecule has 0 spiro atoms. The highest BCUT2D eigenvalue weighted by atomic mass is 32.2. The molecule has 0 bridgehead atoms. The van der Waals surface area contributed by atoms with Gasteiger partial charge >= 0.3 is 0 Å². The molecule has 116 valence electrons. The Hall–Kier alpha value is -2.38. The van der Waals surface area contributed by atoms with Crippen LogP contribution in [0.1, 0.15) is 0 Å². The molecule has 1 heterocycles. The Kier molecular flexibility index (Phi) is 4.59. The summed E-state index contributed by atoms with van der Waals surface area (Å²) in [7, 11) is 0. The van der Waals surface area contributed by atoms with Crippen molar-refractivity contribution in [1.29, 1.82) is 0 Å². The van der Waals surface area contributed by atoms with Crippen LogP contribution >= 0.6 is 24.0 Å². The van der Waals surface area contributed by atoms with Crippen molar-refractivity contribution in [2.45, 2.75) is 5.16 Å². The zero-order chi connectivity index (χ0) is 16.2. The van der Waals surface area contributed by atoms with Crippen LogP contribution in [0.5, 0.6) is 0 Å². The lowest BCUT2D eigenvalue weighted by molar-refractivity contribution is 0.770. The molecule has 3 aromatic rings. The number of fused-ring (bicyclic) bond motifs is 1. The fourth-order valence-corrected chi connectivity index (χ4v) is 2.84. The predicted octanol–water partition coefficient (Wildman–Crippen LogP) is 3.06. The molecule has 0 unspecified atom stereocenters. The maximum atomic E-state index is 12.7. The number of hydrogen-bond donors (Lipinski definition) is 2. The lowest BCUT2D eigenvalue weighted by Gasteiger charge is -2.15. The molecular weight excluding hydrogens is 328 g/mol. The Labute approximate surface area is 142 Å². The maximum Gasteiger partial charge on any atom is 0.281 e. The number of anilines is 1. The molecule has 0 atom stereocenters. The van der Waals surface area contributed by atoms with E-state index < -0.39 is 0 Å². The van der Waals surface area contributed by atoms with Crippen LogP contribution in [-0.4, -0.2) is 21.0 Å². The number of nitrogens with zero attached hydrogens (tertiary/aromatic N) is 2. The van der Waals surface area contributed by atoms with Gasteiger partial charge in [0.05, 0.1) is 10.9 Å². The Morgan fingerprint density at radius 2 is 1.83 bits per heavy atom. The summed E-state index contributed by atoms with van der Waals surface area (Å²) in [6.07, 6.45) is 1.86. The van der Waals surface area contributed by atoms with E-state index in [2.05, 4.69) is 15.7 Å². The van der Waals surface area contributed by atoms with Gasteiger partial charge in [-0.25, -0.2) is 4.98 Å². The van der Waals surface area contributed by atoms with E-state index in [9.17, 15) is 4.79 Å². The van der Waals surface area contributed by atoms with Crippen molar-refractivity contribution in [1.82, 2.24) is 9.66 Å². The van der Waals surface area contributed by atoms with E-state index in [0.29, 0.717) is 21.2 Å². The van der Waals surface area contributed by atoms with Crippen LogP contribution in [0.25, 0.3) is 10.9 Å². The predicted molar refractivity (Wildman–Crippen MR) is 99.8 cm³/mol. The van der Waals surface area contributed by atoms with Gasteiger partial charge in [-0.2, -0.15) is 4.68 Å². The van der Waals surface area contributed by atoms with E-state index in [1.54, 1.807) is 6.07 Å². The van der Waals surface area contributed by atoms with Crippen molar-refractivity contribution in [2.24, 2.45) is 0 Å². The molecule has 0 fully saturated rings. The van der Waals surface area contributed by atoms with E-state index in [-0.39, 0.29) is 5.56 Å². The van der Waals surface area contributed by atoms with Crippen molar-refractivity contribution in [3.63, 3.8) is 0 Å². The first kappa shape index (κ1) is 15.5. The number of thiocarbonyl (C=S) groups is 1. The second-order valence-electron chi connectivity index (χ2n) is 4.69. The summed E-state index contributed by atoms with van der Waals surface area (Å²) in [6.45, 7) is 0. The molecule has 0 amide bonds. The third-order valence-corrected chi connectivity index (χ3v) is 4.00. The molecule has 0 aliphatic heterocycles. The second kappa shape index (κ2) is 6.80. The van der Waals surface area contributed by atoms with Gasteiger partial charge in [0.15, 0.2) is 10.3 Å². The van der Waals surface area contributed by atoms with Gasteiger partial charge in [0.2, 0.25) is 0 Å². The molecule has 1 aromatic heterocycles. The number of hydrogen-bond acceptors (Lipinski definition) is 4. The molecule has 2 aromatic carbocycles. The number of aromatic nitrogens is 2. The quantitative estimate of drug-likeness (QED) is 0.433. The number of nitrogens with one attached hydrogen (secondary N) is 2. The lowest BCUT2D eigenvalue weighted by atomic mass is 10.2. The minimum absolute atomic E-state index is 0.183. The molecule has 7 heteroatoms. The highest BCUT2D eigenvalue weighted by molar-refractivity contribution is 7.98. The summed E-state index contributed by atoms with van der Waals surface area (Å²) < 4.78 is 1.37. The fourth-order valence-electron chi connectivity index (χ4n) is 2.13. The SMILES string of the molecule is CSc1nc2ccccc2c(=O)n1NC(=S)Nc1ccccc1. The molecule has 0 saturated heterocycles. The molecule has 23 heavy (non-hydrogen) atoms. The van der Waals surface area contributed by atoms with E-state index in [4.69, 9.17) is 12.2 Å². The zero-order valence-electron chi connectivity index (χ0n) is 12.3. The third-order valence-electron chi connectivity index (χ3n) is 3.17. The molecule has 0 saturated carbocycles. The van der Waals surface area contributed by atoms with Crippen molar-refractivity contribution in [3.05, 3.63) is 65.0 Å². The normalized spacial score (nSPS) is 10.5. The van der Waals surface area contributed by atoms with Crippen LogP contribution in [0.4, 0.5) is 5.69 Å². The van der Waals surface area contributed by atoms with Crippen molar-refractivity contribution >= 4 is 45.7 Å². The second-order valence-corrected chi connectivity index (χ2v) is 5.87. The summed E-state index contributed by atoms with van der Waals surface area (Å²) in [5.41, 5.74) is 4.24. The van der Waals surface area contributed by atoms with Crippen molar-refractivity contribution < 1.29 is 0 Å². The first-order valence-corrected chi connectivity index (χ1v) is 8.51. The number of rotatable bonds is 3. The first-order valence-electron chi connectivity index (χ1n) is 6.88. The molecule has 0 aliphatic rings. The van der Waals surface area contributed by atoms with Gasteiger partial charge in [-0.3, -0.25) is 10.2 Å². The number of benzene rings is 2. The van der Waals surface area contributed by atoms with E-state index in [1.165, 1.54) is 16.4 Å². The van der Waals surface area contributed by atoms with Crippen LogP contribution in [0.2, 0.25) is 0 Å². The van der Waals surface area contributed by atoms with Crippen LogP contribution in [-0.2, 0) is 0 Å². The first-order chi connectivity index (χ1) is 11.2.